The molecule has 0 aliphatic carbocycles. The van der Waals surface area contributed by atoms with Crippen LogP contribution in [-0.4, -0.2) is 45.9 Å². The van der Waals surface area contributed by atoms with Crippen LogP contribution in [0.3, 0.4) is 0 Å². The molecule has 0 aliphatic rings. The summed E-state index contributed by atoms with van der Waals surface area (Å²) in [7, 11) is 8.19. The highest BCUT2D eigenvalue weighted by atomic mass is 79.9. The highest BCUT2D eigenvalue weighted by Crippen LogP contribution is 1.87. The molecule has 0 bridgehead atoms. The highest BCUT2D eigenvalue weighted by Gasteiger charge is 2.03. The molecule has 0 rings (SSSR count). The Bertz CT molecular complexity index is 60.6. The predicted molar refractivity (Wildman–Crippen MR) is 34.8 cm³/mol. The van der Waals surface area contributed by atoms with Crippen molar-refractivity contribution >= 4 is 0 Å². The van der Waals surface area contributed by atoms with Crippen LogP contribution < -0.4 is 17.0 Å². The van der Waals surface area contributed by atoms with Gasteiger partial charge in [-0.2, -0.15) is 0 Å². The lowest BCUT2D eigenvalue weighted by molar-refractivity contribution is -0.870. The van der Waals surface area contributed by atoms with Crippen molar-refractivity contribution in [2.75, 3.05) is 41.4 Å². The van der Waals surface area contributed by atoms with Crippen molar-refractivity contribution < 1.29 is 26.2 Å². The molecule has 0 saturated heterocycles. The molecule has 0 aromatic carbocycles. The van der Waals surface area contributed by atoms with E-state index in [0.717, 1.165) is 17.6 Å². The largest absolute Gasteiger partial charge is 1.00 e. The van der Waals surface area contributed by atoms with Crippen molar-refractivity contribution in [1.29, 1.82) is 0 Å². The number of ether oxygens (including phenoxy) is 1. The molecule has 58 valence electrons. The van der Waals surface area contributed by atoms with E-state index in [9.17, 15) is 0 Å². The first-order chi connectivity index (χ1) is 3.56. The Hall–Kier alpha value is 0.400. The molecule has 0 spiro atoms. The normalized spacial score (nSPS) is 10.7. The molecule has 0 heterocycles. The minimum absolute atomic E-state index is 0. The monoisotopic (exact) mass is 197 g/mol. The number of nitrogens with zero attached hydrogens (tertiary/aromatic N) is 1. The summed E-state index contributed by atoms with van der Waals surface area (Å²) in [6.07, 6.45) is 0. The average Bonchev–Trinajstić information content (AvgIpc) is 1.59. The van der Waals surface area contributed by atoms with Crippen molar-refractivity contribution in [2.45, 2.75) is 0 Å². The summed E-state index contributed by atoms with van der Waals surface area (Å²) >= 11 is 0. The Morgan fingerprint density at radius 1 is 1.22 bits per heavy atom. The summed E-state index contributed by atoms with van der Waals surface area (Å²) < 4.78 is 5.88. The first kappa shape index (κ1) is 12.1. The molecule has 0 saturated carbocycles. The Morgan fingerprint density at radius 2 is 1.67 bits per heavy atom. The fraction of sp³-hybridized carbons (Fsp3) is 1.00. The zero-order valence-corrected chi connectivity index (χ0v) is 8.23. The molecule has 0 radical (unpaired) electrons. The third kappa shape index (κ3) is 11.8. The Labute approximate surface area is 68.2 Å². The SMILES string of the molecule is COCC[N+](C)(C)C.[Br-]. The van der Waals surface area contributed by atoms with Gasteiger partial charge in [0.15, 0.2) is 0 Å². The van der Waals surface area contributed by atoms with Gasteiger partial charge in [-0.1, -0.05) is 0 Å². The van der Waals surface area contributed by atoms with Crippen LogP contribution >= 0.6 is 0 Å². The van der Waals surface area contributed by atoms with Crippen molar-refractivity contribution in [1.82, 2.24) is 0 Å². The molecular weight excluding hydrogens is 182 g/mol. The van der Waals surface area contributed by atoms with Crippen molar-refractivity contribution in [3.63, 3.8) is 0 Å². The lowest BCUT2D eigenvalue weighted by Gasteiger charge is -2.22. The van der Waals surface area contributed by atoms with Gasteiger partial charge in [0.2, 0.25) is 0 Å². The fourth-order valence-corrected chi connectivity index (χ4v) is 0.365. The van der Waals surface area contributed by atoms with Crippen LogP contribution in [0.25, 0.3) is 0 Å². The van der Waals surface area contributed by atoms with Gasteiger partial charge in [-0.05, 0) is 0 Å². The zero-order valence-electron chi connectivity index (χ0n) is 6.65. The van der Waals surface area contributed by atoms with Gasteiger partial charge in [-0.3, -0.25) is 0 Å². The first-order valence-electron chi connectivity index (χ1n) is 2.85. The number of likely N-dealkylation sites (N-methyl/N-ethyl adjacent to an activating group) is 1. The van der Waals surface area contributed by atoms with Crippen LogP contribution in [0.4, 0.5) is 0 Å². The van der Waals surface area contributed by atoms with Gasteiger partial charge in [0, 0.05) is 7.11 Å². The Kier molecular flexibility index (Phi) is 7.01. The van der Waals surface area contributed by atoms with Crippen LogP contribution in [0.5, 0.6) is 0 Å². The second kappa shape index (κ2) is 5.21. The molecule has 0 aromatic heterocycles. The van der Waals surface area contributed by atoms with E-state index >= 15 is 0 Å². The van der Waals surface area contributed by atoms with Gasteiger partial charge < -0.3 is 26.2 Å². The number of quaternary nitrogens is 1. The minimum Gasteiger partial charge on any atom is -1.00 e. The van der Waals surface area contributed by atoms with Gasteiger partial charge in [0.25, 0.3) is 0 Å². The molecule has 0 aromatic rings. The molecule has 0 fully saturated rings. The Morgan fingerprint density at radius 3 is 1.78 bits per heavy atom. The molecular formula is C6H16BrNO. The van der Waals surface area contributed by atoms with E-state index in [4.69, 9.17) is 4.74 Å². The molecule has 0 aliphatic heterocycles. The topological polar surface area (TPSA) is 9.23 Å². The van der Waals surface area contributed by atoms with Crippen LogP contribution in [0, 0.1) is 0 Å². The van der Waals surface area contributed by atoms with Gasteiger partial charge in [-0.25, -0.2) is 0 Å². The molecule has 9 heavy (non-hydrogen) atoms. The standard InChI is InChI=1S/C6H16NO.BrH/c1-7(2,3)5-6-8-4;/h5-6H2,1-4H3;1H/q+1;/p-1. The molecule has 0 amide bonds. The van der Waals surface area contributed by atoms with E-state index in [0.29, 0.717) is 0 Å². The second-order valence-electron chi connectivity index (χ2n) is 3.01. The summed E-state index contributed by atoms with van der Waals surface area (Å²) in [6.45, 7) is 1.93. The number of halogens is 1. The maximum atomic E-state index is 4.90. The van der Waals surface area contributed by atoms with E-state index in [2.05, 4.69) is 21.1 Å². The third-order valence-electron chi connectivity index (χ3n) is 0.966. The van der Waals surface area contributed by atoms with E-state index < -0.39 is 0 Å². The van der Waals surface area contributed by atoms with Crippen molar-refractivity contribution in [3.05, 3.63) is 0 Å². The van der Waals surface area contributed by atoms with E-state index in [1.54, 1.807) is 7.11 Å². The lowest BCUT2D eigenvalue weighted by atomic mass is 10.5. The van der Waals surface area contributed by atoms with Gasteiger partial charge in [0.1, 0.15) is 6.54 Å². The minimum atomic E-state index is 0. The summed E-state index contributed by atoms with van der Waals surface area (Å²) in [6, 6.07) is 0. The summed E-state index contributed by atoms with van der Waals surface area (Å²) in [5.41, 5.74) is 0. The molecule has 0 N–H and O–H groups in total. The summed E-state index contributed by atoms with van der Waals surface area (Å²) in [5, 5.41) is 0. The van der Waals surface area contributed by atoms with E-state index in [1.165, 1.54) is 0 Å². The van der Waals surface area contributed by atoms with Gasteiger partial charge >= 0.3 is 0 Å². The second-order valence-corrected chi connectivity index (χ2v) is 3.01. The molecule has 3 heteroatoms. The quantitative estimate of drug-likeness (QED) is 0.450. The van der Waals surface area contributed by atoms with E-state index in [1.807, 2.05) is 0 Å². The first-order valence-corrected chi connectivity index (χ1v) is 2.85. The Balaban J connectivity index is 0. The van der Waals surface area contributed by atoms with Gasteiger partial charge in [0.05, 0.1) is 27.7 Å². The van der Waals surface area contributed by atoms with E-state index in [-0.39, 0.29) is 17.0 Å². The van der Waals surface area contributed by atoms with Crippen LogP contribution in [0.15, 0.2) is 0 Å². The predicted octanol–water partition coefficient (Wildman–Crippen LogP) is -2.66. The van der Waals surface area contributed by atoms with Crippen molar-refractivity contribution in [2.24, 2.45) is 0 Å². The van der Waals surface area contributed by atoms with Crippen LogP contribution in [0.1, 0.15) is 0 Å². The van der Waals surface area contributed by atoms with Crippen LogP contribution in [0.2, 0.25) is 0 Å². The molecule has 2 nitrogen and oxygen atoms in total. The van der Waals surface area contributed by atoms with Crippen molar-refractivity contribution in [3.8, 4) is 0 Å². The zero-order chi connectivity index (χ0) is 6.62. The number of hydrogen-bond donors (Lipinski definition) is 0. The maximum absolute atomic E-state index is 4.90. The number of rotatable bonds is 3. The highest BCUT2D eigenvalue weighted by molar-refractivity contribution is 4.22. The summed E-state index contributed by atoms with van der Waals surface area (Å²) in [4.78, 5) is 0. The number of methoxy groups -OCH3 is 1. The summed E-state index contributed by atoms with van der Waals surface area (Å²) in [5.74, 6) is 0. The molecule has 0 atom stereocenters. The fourth-order valence-electron chi connectivity index (χ4n) is 0.365. The molecule has 0 unspecified atom stereocenters. The number of hydrogen-bond acceptors (Lipinski definition) is 1. The third-order valence-corrected chi connectivity index (χ3v) is 0.966. The van der Waals surface area contributed by atoms with Gasteiger partial charge in [-0.15, -0.1) is 0 Å². The maximum Gasteiger partial charge on any atom is 0.102 e. The lowest BCUT2D eigenvalue weighted by Crippen LogP contribution is -3.00. The smallest absolute Gasteiger partial charge is 0.102 e. The average molecular weight is 198 g/mol. The van der Waals surface area contributed by atoms with Crippen LogP contribution in [-0.2, 0) is 4.74 Å².